The van der Waals surface area contributed by atoms with Crippen LogP contribution in [-0.2, 0) is 6.42 Å². The SMILES string of the molecule is CCCC(C)(O)CNc1nc(Cl)nc2sc(CC)cc12. The van der Waals surface area contributed by atoms with Crippen LogP contribution in [0.1, 0.15) is 38.5 Å². The van der Waals surface area contributed by atoms with E-state index in [1.54, 1.807) is 11.3 Å². The van der Waals surface area contributed by atoms with E-state index in [1.165, 1.54) is 4.88 Å². The fraction of sp³-hybridized carbons (Fsp3) is 0.571. The van der Waals surface area contributed by atoms with E-state index >= 15 is 0 Å². The number of hydrogen-bond acceptors (Lipinski definition) is 5. The van der Waals surface area contributed by atoms with Gasteiger partial charge in [0.2, 0.25) is 5.28 Å². The van der Waals surface area contributed by atoms with E-state index in [2.05, 4.69) is 35.2 Å². The molecule has 0 saturated heterocycles. The third-order valence-corrected chi connectivity index (χ3v) is 4.53. The highest BCUT2D eigenvalue weighted by Crippen LogP contribution is 2.30. The summed E-state index contributed by atoms with van der Waals surface area (Å²) in [5, 5.41) is 14.7. The molecule has 0 amide bonds. The summed E-state index contributed by atoms with van der Waals surface area (Å²) in [4.78, 5) is 10.6. The zero-order valence-corrected chi connectivity index (χ0v) is 13.6. The average molecular weight is 314 g/mol. The molecule has 110 valence electrons. The first kappa shape index (κ1) is 15.5. The third kappa shape index (κ3) is 3.59. The Balaban J connectivity index is 2.26. The zero-order valence-electron chi connectivity index (χ0n) is 12.0. The first-order valence-electron chi connectivity index (χ1n) is 6.87. The Bertz CT molecular complexity index is 597. The molecule has 0 aliphatic carbocycles. The molecule has 1 unspecified atom stereocenters. The molecule has 2 rings (SSSR count). The van der Waals surface area contributed by atoms with Crippen molar-refractivity contribution in [2.75, 3.05) is 11.9 Å². The minimum absolute atomic E-state index is 0.236. The number of hydrogen-bond donors (Lipinski definition) is 2. The molecule has 2 heterocycles. The van der Waals surface area contributed by atoms with Gasteiger partial charge in [0.1, 0.15) is 10.6 Å². The van der Waals surface area contributed by atoms with Crippen molar-refractivity contribution >= 4 is 39.0 Å². The standard InChI is InChI=1S/C14H20ClN3OS/c1-4-6-14(3,19)8-16-11-10-7-9(5-2)20-12(10)18-13(15)17-11/h7,19H,4-6,8H2,1-3H3,(H,16,17,18). The number of aryl methyl sites for hydroxylation is 1. The van der Waals surface area contributed by atoms with Crippen molar-refractivity contribution in [2.45, 2.75) is 45.6 Å². The highest BCUT2D eigenvalue weighted by molar-refractivity contribution is 7.18. The summed E-state index contributed by atoms with van der Waals surface area (Å²) in [7, 11) is 0. The molecule has 2 aromatic rings. The Labute approximate surface area is 128 Å². The Morgan fingerprint density at radius 1 is 1.40 bits per heavy atom. The van der Waals surface area contributed by atoms with Gasteiger partial charge < -0.3 is 10.4 Å². The fourth-order valence-corrected chi connectivity index (χ4v) is 3.34. The first-order valence-corrected chi connectivity index (χ1v) is 8.07. The fourth-order valence-electron chi connectivity index (χ4n) is 2.16. The molecule has 0 aromatic carbocycles. The summed E-state index contributed by atoms with van der Waals surface area (Å²) >= 11 is 7.60. The number of nitrogens with one attached hydrogen (secondary N) is 1. The maximum absolute atomic E-state index is 10.2. The molecular weight excluding hydrogens is 294 g/mol. The quantitative estimate of drug-likeness (QED) is 0.795. The number of aliphatic hydroxyl groups is 1. The van der Waals surface area contributed by atoms with E-state index in [9.17, 15) is 5.11 Å². The van der Waals surface area contributed by atoms with Crippen LogP contribution in [-0.4, -0.2) is 27.2 Å². The van der Waals surface area contributed by atoms with Gasteiger partial charge in [-0.3, -0.25) is 0 Å². The number of fused-ring (bicyclic) bond motifs is 1. The van der Waals surface area contributed by atoms with Crippen molar-refractivity contribution in [3.8, 4) is 0 Å². The molecule has 0 saturated carbocycles. The second-order valence-corrected chi connectivity index (χ2v) is 6.68. The number of aromatic nitrogens is 2. The van der Waals surface area contributed by atoms with Crippen molar-refractivity contribution in [1.29, 1.82) is 0 Å². The van der Waals surface area contributed by atoms with Crippen LogP contribution in [0.15, 0.2) is 6.07 Å². The lowest BCUT2D eigenvalue weighted by Gasteiger charge is -2.23. The smallest absolute Gasteiger partial charge is 0.225 e. The van der Waals surface area contributed by atoms with Gasteiger partial charge in [-0.2, -0.15) is 0 Å². The second-order valence-electron chi connectivity index (χ2n) is 5.23. The highest BCUT2D eigenvalue weighted by atomic mass is 35.5. The van der Waals surface area contributed by atoms with Crippen molar-refractivity contribution in [3.05, 3.63) is 16.2 Å². The molecule has 6 heteroatoms. The molecule has 0 spiro atoms. The lowest BCUT2D eigenvalue weighted by Crippen LogP contribution is -2.33. The van der Waals surface area contributed by atoms with E-state index in [4.69, 9.17) is 11.6 Å². The lowest BCUT2D eigenvalue weighted by molar-refractivity contribution is 0.0636. The Morgan fingerprint density at radius 2 is 2.15 bits per heavy atom. The van der Waals surface area contributed by atoms with Gasteiger partial charge in [0.05, 0.1) is 11.0 Å². The van der Waals surface area contributed by atoms with Crippen molar-refractivity contribution in [1.82, 2.24) is 9.97 Å². The molecule has 1 atom stereocenters. The number of rotatable bonds is 6. The normalized spacial score (nSPS) is 14.4. The Hall–Kier alpha value is -0.910. The average Bonchev–Trinajstić information content (AvgIpc) is 2.78. The van der Waals surface area contributed by atoms with Crippen LogP contribution in [0.3, 0.4) is 0 Å². The highest BCUT2D eigenvalue weighted by Gasteiger charge is 2.20. The maximum Gasteiger partial charge on any atom is 0.225 e. The molecule has 20 heavy (non-hydrogen) atoms. The molecule has 0 radical (unpaired) electrons. The molecule has 0 fully saturated rings. The molecule has 0 aliphatic rings. The second kappa shape index (κ2) is 6.24. The van der Waals surface area contributed by atoms with Gasteiger partial charge >= 0.3 is 0 Å². The molecule has 4 nitrogen and oxygen atoms in total. The van der Waals surface area contributed by atoms with Gasteiger partial charge in [0.15, 0.2) is 0 Å². The van der Waals surface area contributed by atoms with Crippen LogP contribution in [0.5, 0.6) is 0 Å². The largest absolute Gasteiger partial charge is 0.388 e. The molecule has 0 aliphatic heterocycles. The zero-order chi connectivity index (χ0) is 14.8. The number of thiophene rings is 1. The summed E-state index contributed by atoms with van der Waals surface area (Å²) in [6.45, 7) is 6.44. The van der Waals surface area contributed by atoms with Crippen LogP contribution in [0.2, 0.25) is 5.28 Å². The summed E-state index contributed by atoms with van der Waals surface area (Å²) in [5.41, 5.74) is -0.748. The van der Waals surface area contributed by atoms with Crippen molar-refractivity contribution in [3.63, 3.8) is 0 Å². The molecule has 2 aromatic heterocycles. The van der Waals surface area contributed by atoms with Crippen LogP contribution >= 0.6 is 22.9 Å². The predicted molar refractivity (Wildman–Crippen MR) is 85.8 cm³/mol. The minimum atomic E-state index is -0.748. The van der Waals surface area contributed by atoms with Gasteiger partial charge in [-0.25, -0.2) is 9.97 Å². The number of nitrogens with zero attached hydrogens (tertiary/aromatic N) is 2. The Morgan fingerprint density at radius 3 is 2.80 bits per heavy atom. The predicted octanol–water partition coefficient (Wildman–Crippen LogP) is 3.87. The number of anilines is 1. The summed E-state index contributed by atoms with van der Waals surface area (Å²) in [5.74, 6) is 0.701. The van der Waals surface area contributed by atoms with Crippen molar-refractivity contribution in [2.24, 2.45) is 0 Å². The number of halogens is 1. The van der Waals surface area contributed by atoms with Gasteiger partial charge in [-0.1, -0.05) is 20.3 Å². The maximum atomic E-state index is 10.2. The Kier molecular flexibility index (Phi) is 4.83. The lowest BCUT2D eigenvalue weighted by atomic mass is 10.0. The summed E-state index contributed by atoms with van der Waals surface area (Å²) in [6, 6.07) is 2.09. The first-order chi connectivity index (χ1) is 9.45. The van der Waals surface area contributed by atoms with E-state index in [0.29, 0.717) is 12.4 Å². The van der Waals surface area contributed by atoms with Gasteiger partial charge in [0, 0.05) is 11.4 Å². The van der Waals surface area contributed by atoms with E-state index < -0.39 is 5.60 Å². The topological polar surface area (TPSA) is 58.0 Å². The van der Waals surface area contributed by atoms with Gasteiger partial charge in [-0.05, 0) is 37.4 Å². The summed E-state index contributed by atoms with van der Waals surface area (Å²) in [6.07, 6.45) is 2.64. The van der Waals surface area contributed by atoms with E-state index in [-0.39, 0.29) is 5.28 Å². The van der Waals surface area contributed by atoms with Gasteiger partial charge in [-0.15, -0.1) is 11.3 Å². The van der Waals surface area contributed by atoms with E-state index in [0.717, 1.165) is 29.5 Å². The molecular formula is C14H20ClN3OS. The monoisotopic (exact) mass is 313 g/mol. The van der Waals surface area contributed by atoms with Crippen LogP contribution in [0, 0.1) is 0 Å². The van der Waals surface area contributed by atoms with E-state index in [1.807, 2.05) is 6.92 Å². The van der Waals surface area contributed by atoms with Gasteiger partial charge in [0.25, 0.3) is 0 Å². The molecule has 2 N–H and O–H groups in total. The van der Waals surface area contributed by atoms with Crippen LogP contribution in [0.4, 0.5) is 5.82 Å². The third-order valence-electron chi connectivity index (χ3n) is 3.19. The summed E-state index contributed by atoms with van der Waals surface area (Å²) < 4.78 is 0. The van der Waals surface area contributed by atoms with Crippen LogP contribution < -0.4 is 5.32 Å². The minimum Gasteiger partial charge on any atom is -0.388 e. The van der Waals surface area contributed by atoms with Crippen molar-refractivity contribution < 1.29 is 5.11 Å². The molecule has 0 bridgehead atoms. The van der Waals surface area contributed by atoms with Crippen LogP contribution in [0.25, 0.3) is 10.2 Å².